The van der Waals surface area contributed by atoms with Crippen molar-refractivity contribution in [3.05, 3.63) is 35.4 Å². The van der Waals surface area contributed by atoms with Crippen LogP contribution in [0.4, 0.5) is 11.6 Å². The minimum absolute atomic E-state index is 0.132. The average Bonchev–Trinajstić information content (AvgIpc) is 3.20. The van der Waals surface area contributed by atoms with Gasteiger partial charge < -0.3 is 21.1 Å². The van der Waals surface area contributed by atoms with Gasteiger partial charge in [0.15, 0.2) is 28.4 Å². The van der Waals surface area contributed by atoms with E-state index in [4.69, 9.17) is 10.5 Å². The van der Waals surface area contributed by atoms with Crippen molar-refractivity contribution < 1.29 is 14.1 Å². The number of aromatic nitrogens is 4. The van der Waals surface area contributed by atoms with Gasteiger partial charge in [0.2, 0.25) is 0 Å². The highest BCUT2D eigenvalue weighted by Crippen LogP contribution is 2.24. The Morgan fingerprint density at radius 3 is 2.97 bits per heavy atom. The molecule has 0 spiro atoms. The fraction of sp³-hybridized carbons (Fsp3) is 0.400. The Bertz CT molecular complexity index is 1110. The zero-order chi connectivity index (χ0) is 20.7. The summed E-state index contributed by atoms with van der Waals surface area (Å²) in [5.74, 6) is 2.23. The molecule has 29 heavy (non-hydrogen) atoms. The van der Waals surface area contributed by atoms with Gasteiger partial charge in [-0.1, -0.05) is 0 Å². The average molecular weight is 396 g/mol. The van der Waals surface area contributed by atoms with E-state index in [0.29, 0.717) is 12.4 Å². The SMILES string of the molecule is CCn1c(CNC(=O)c2nc3c(nc2N)NC(C)C3)[n+](C)c2ccc(OC)cc21. The van der Waals surface area contributed by atoms with Crippen molar-refractivity contribution in [2.45, 2.75) is 39.4 Å². The van der Waals surface area contributed by atoms with E-state index in [9.17, 15) is 4.79 Å². The summed E-state index contributed by atoms with van der Waals surface area (Å²) in [6.45, 7) is 5.22. The molecule has 0 radical (unpaired) electrons. The highest BCUT2D eigenvalue weighted by Gasteiger charge is 2.26. The van der Waals surface area contributed by atoms with Crippen LogP contribution in [0.25, 0.3) is 11.0 Å². The summed E-state index contributed by atoms with van der Waals surface area (Å²) in [7, 11) is 3.64. The van der Waals surface area contributed by atoms with E-state index in [1.807, 2.05) is 32.2 Å². The van der Waals surface area contributed by atoms with Crippen LogP contribution >= 0.6 is 0 Å². The van der Waals surface area contributed by atoms with Crippen molar-refractivity contribution in [2.24, 2.45) is 7.05 Å². The minimum Gasteiger partial charge on any atom is -0.497 e. The molecule has 0 saturated heterocycles. The van der Waals surface area contributed by atoms with Crippen LogP contribution in [0.5, 0.6) is 5.75 Å². The number of benzene rings is 1. The van der Waals surface area contributed by atoms with E-state index in [1.165, 1.54) is 0 Å². The Kier molecular flexibility index (Phi) is 4.73. The first-order chi connectivity index (χ1) is 13.9. The summed E-state index contributed by atoms with van der Waals surface area (Å²) in [6, 6.07) is 6.19. The van der Waals surface area contributed by atoms with Gasteiger partial charge in [0, 0.05) is 18.5 Å². The van der Waals surface area contributed by atoms with Gasteiger partial charge in [-0.2, -0.15) is 0 Å². The summed E-state index contributed by atoms with van der Waals surface area (Å²) < 4.78 is 9.58. The number of imidazole rings is 1. The van der Waals surface area contributed by atoms with Gasteiger partial charge in [0.05, 0.1) is 26.4 Å². The first-order valence-electron chi connectivity index (χ1n) is 9.69. The van der Waals surface area contributed by atoms with Crippen LogP contribution in [0, 0.1) is 0 Å². The number of carbonyl (C=O) groups is 1. The summed E-state index contributed by atoms with van der Waals surface area (Å²) >= 11 is 0. The molecule has 4 N–H and O–H groups in total. The monoisotopic (exact) mass is 396 g/mol. The Balaban J connectivity index is 1.61. The van der Waals surface area contributed by atoms with Crippen molar-refractivity contribution in [2.75, 3.05) is 18.2 Å². The number of nitrogens with one attached hydrogen (secondary N) is 2. The lowest BCUT2D eigenvalue weighted by Gasteiger charge is -2.08. The molecule has 3 heterocycles. The normalized spacial score (nSPS) is 15.2. The second-order valence-corrected chi connectivity index (χ2v) is 7.26. The number of rotatable bonds is 5. The Labute approximate surface area is 168 Å². The maximum atomic E-state index is 12.8. The maximum absolute atomic E-state index is 12.8. The maximum Gasteiger partial charge on any atom is 0.276 e. The van der Waals surface area contributed by atoms with Crippen molar-refractivity contribution >= 4 is 28.6 Å². The van der Waals surface area contributed by atoms with Crippen molar-refractivity contribution in [1.29, 1.82) is 0 Å². The van der Waals surface area contributed by atoms with Gasteiger partial charge in [-0.15, -0.1) is 0 Å². The van der Waals surface area contributed by atoms with Crippen LogP contribution in [-0.4, -0.2) is 33.6 Å². The van der Waals surface area contributed by atoms with Crippen LogP contribution < -0.4 is 25.7 Å². The lowest BCUT2D eigenvalue weighted by molar-refractivity contribution is -0.654. The third-order valence-corrected chi connectivity index (χ3v) is 5.35. The van der Waals surface area contributed by atoms with E-state index in [-0.39, 0.29) is 23.5 Å². The minimum atomic E-state index is -0.331. The Morgan fingerprint density at radius 2 is 2.24 bits per heavy atom. The highest BCUT2D eigenvalue weighted by molar-refractivity contribution is 5.96. The molecule has 0 saturated carbocycles. The van der Waals surface area contributed by atoms with Crippen LogP contribution in [0.2, 0.25) is 0 Å². The highest BCUT2D eigenvalue weighted by atomic mass is 16.5. The number of nitrogens with zero attached hydrogens (tertiary/aromatic N) is 4. The second-order valence-electron chi connectivity index (χ2n) is 7.26. The largest absolute Gasteiger partial charge is 0.497 e. The molecular weight excluding hydrogens is 370 g/mol. The van der Waals surface area contributed by atoms with Gasteiger partial charge >= 0.3 is 0 Å². The molecule has 2 aromatic heterocycles. The van der Waals surface area contributed by atoms with E-state index in [0.717, 1.165) is 41.3 Å². The van der Waals surface area contributed by atoms with E-state index in [1.54, 1.807) is 7.11 Å². The molecule has 9 heteroatoms. The number of hydrogen-bond donors (Lipinski definition) is 3. The Hall–Kier alpha value is -3.36. The molecule has 0 aliphatic carbocycles. The summed E-state index contributed by atoms with van der Waals surface area (Å²) in [5.41, 5.74) is 9.05. The quantitative estimate of drug-likeness (QED) is 0.558. The third kappa shape index (κ3) is 3.22. The predicted octanol–water partition coefficient (Wildman–Crippen LogP) is 1.15. The molecule has 1 amide bonds. The van der Waals surface area contributed by atoms with Gasteiger partial charge in [-0.3, -0.25) is 4.79 Å². The fourth-order valence-corrected chi connectivity index (χ4v) is 3.88. The van der Waals surface area contributed by atoms with Gasteiger partial charge in [-0.05, 0) is 26.0 Å². The molecule has 1 atom stereocenters. The van der Waals surface area contributed by atoms with E-state index in [2.05, 4.69) is 36.7 Å². The standard InChI is InChI=1S/C20H25N7O2/c1-5-27-15-9-12(29-4)6-7-14(15)26(3)16(27)10-22-20(28)17-18(21)25-19-13(24-17)8-11(2)23-19/h6-7,9,11H,5,8,10H2,1-4H3,(H3-,21,22,23,25,28)/p+1. The van der Waals surface area contributed by atoms with E-state index >= 15 is 0 Å². The van der Waals surface area contributed by atoms with Crippen LogP contribution in [0.3, 0.4) is 0 Å². The lowest BCUT2D eigenvalue weighted by Crippen LogP contribution is -2.38. The molecule has 1 aliphatic heterocycles. The van der Waals surface area contributed by atoms with Gasteiger partial charge in [-0.25, -0.2) is 19.1 Å². The Morgan fingerprint density at radius 1 is 1.45 bits per heavy atom. The number of hydrogen-bond acceptors (Lipinski definition) is 6. The molecule has 9 nitrogen and oxygen atoms in total. The summed E-state index contributed by atoms with van der Waals surface area (Å²) in [5, 5.41) is 6.16. The molecule has 1 aliphatic rings. The number of amides is 1. The molecular formula is C20H26N7O2+. The predicted molar refractivity (Wildman–Crippen MR) is 110 cm³/mol. The lowest BCUT2D eigenvalue weighted by atomic mass is 10.2. The van der Waals surface area contributed by atoms with Crippen LogP contribution in [-0.2, 0) is 26.6 Å². The molecule has 1 aromatic carbocycles. The number of fused-ring (bicyclic) bond motifs is 2. The number of carbonyl (C=O) groups excluding carboxylic acids is 1. The number of nitrogens with two attached hydrogens (primary N) is 1. The molecule has 152 valence electrons. The molecule has 1 unspecified atom stereocenters. The number of nitrogen functional groups attached to an aromatic ring is 1. The molecule has 3 aromatic rings. The number of methoxy groups -OCH3 is 1. The smallest absolute Gasteiger partial charge is 0.276 e. The van der Waals surface area contributed by atoms with Crippen molar-refractivity contribution in [3.8, 4) is 5.75 Å². The second kappa shape index (κ2) is 7.23. The third-order valence-electron chi connectivity index (χ3n) is 5.35. The van der Waals surface area contributed by atoms with Gasteiger partial charge in [0.25, 0.3) is 11.7 Å². The number of ether oxygens (including phenoxy) is 1. The molecule has 0 fully saturated rings. The van der Waals surface area contributed by atoms with Crippen LogP contribution in [0.1, 0.15) is 35.9 Å². The summed E-state index contributed by atoms with van der Waals surface area (Å²) in [4.78, 5) is 21.6. The topological polar surface area (TPSA) is 111 Å². The van der Waals surface area contributed by atoms with Crippen molar-refractivity contribution in [1.82, 2.24) is 19.9 Å². The first kappa shape index (κ1) is 19.0. The fourth-order valence-electron chi connectivity index (χ4n) is 3.88. The number of aryl methyl sites for hydroxylation is 2. The summed E-state index contributed by atoms with van der Waals surface area (Å²) in [6.07, 6.45) is 0.726. The first-order valence-corrected chi connectivity index (χ1v) is 9.69. The van der Waals surface area contributed by atoms with Crippen molar-refractivity contribution in [3.63, 3.8) is 0 Å². The molecule has 0 bridgehead atoms. The van der Waals surface area contributed by atoms with Crippen LogP contribution in [0.15, 0.2) is 18.2 Å². The zero-order valence-electron chi connectivity index (χ0n) is 17.1. The zero-order valence-corrected chi connectivity index (χ0v) is 17.1. The van der Waals surface area contributed by atoms with Gasteiger partial charge in [0.1, 0.15) is 12.3 Å². The number of anilines is 2. The molecule has 4 rings (SSSR count). The van der Waals surface area contributed by atoms with E-state index < -0.39 is 0 Å².